The zero-order chi connectivity index (χ0) is 18.7. The van der Waals surface area contributed by atoms with Gasteiger partial charge in [0.25, 0.3) is 5.91 Å². The molecule has 0 saturated carbocycles. The second kappa shape index (κ2) is 8.01. The van der Waals surface area contributed by atoms with Gasteiger partial charge < -0.3 is 14.5 Å². The third-order valence-corrected chi connectivity index (χ3v) is 5.29. The molecule has 0 aliphatic carbocycles. The molecule has 0 bridgehead atoms. The summed E-state index contributed by atoms with van der Waals surface area (Å²) in [6.07, 6.45) is 4.34. The SMILES string of the molecule is COc1ccc(F)c(F)c1C(=O)N1CCC(C(=O)N2CCCCC2)CC1. The molecule has 0 spiro atoms. The number of benzene rings is 1. The van der Waals surface area contributed by atoms with Crippen LogP contribution in [-0.4, -0.2) is 54.9 Å². The highest BCUT2D eigenvalue weighted by Crippen LogP contribution is 2.28. The minimum atomic E-state index is -1.19. The van der Waals surface area contributed by atoms with Gasteiger partial charge in [-0.15, -0.1) is 0 Å². The summed E-state index contributed by atoms with van der Waals surface area (Å²) in [5, 5.41) is 0. The number of hydrogen-bond acceptors (Lipinski definition) is 3. The zero-order valence-electron chi connectivity index (χ0n) is 15.0. The number of carbonyl (C=O) groups is 2. The van der Waals surface area contributed by atoms with E-state index in [4.69, 9.17) is 4.74 Å². The fraction of sp³-hybridized carbons (Fsp3) is 0.579. The van der Waals surface area contributed by atoms with Gasteiger partial charge in [0.1, 0.15) is 11.3 Å². The van der Waals surface area contributed by atoms with Crippen LogP contribution in [0.25, 0.3) is 0 Å². The van der Waals surface area contributed by atoms with Crippen molar-refractivity contribution in [2.24, 2.45) is 5.92 Å². The molecule has 0 radical (unpaired) electrons. The number of amides is 2. The highest BCUT2D eigenvalue weighted by molar-refractivity contribution is 5.97. The predicted molar refractivity (Wildman–Crippen MR) is 92.0 cm³/mol. The van der Waals surface area contributed by atoms with E-state index in [-0.39, 0.29) is 23.1 Å². The molecule has 3 rings (SSSR count). The first kappa shape index (κ1) is 18.6. The Morgan fingerprint density at radius 2 is 1.65 bits per heavy atom. The quantitative estimate of drug-likeness (QED) is 0.827. The van der Waals surface area contributed by atoms with Crippen LogP contribution in [0.5, 0.6) is 5.75 Å². The van der Waals surface area contributed by atoms with Crippen molar-refractivity contribution in [3.8, 4) is 5.75 Å². The highest BCUT2D eigenvalue weighted by atomic mass is 19.2. The average Bonchev–Trinajstić information content (AvgIpc) is 2.69. The first-order valence-corrected chi connectivity index (χ1v) is 9.13. The van der Waals surface area contributed by atoms with Crippen LogP contribution < -0.4 is 4.74 Å². The summed E-state index contributed by atoms with van der Waals surface area (Å²) < 4.78 is 32.7. The molecule has 0 atom stereocenters. The van der Waals surface area contributed by atoms with Crippen molar-refractivity contribution in [2.75, 3.05) is 33.3 Å². The molecule has 7 heteroatoms. The molecule has 0 unspecified atom stereocenters. The van der Waals surface area contributed by atoms with Crippen LogP contribution in [0.2, 0.25) is 0 Å². The van der Waals surface area contributed by atoms with Gasteiger partial charge in [0.2, 0.25) is 5.91 Å². The maximum Gasteiger partial charge on any atom is 0.260 e. The molecule has 5 nitrogen and oxygen atoms in total. The van der Waals surface area contributed by atoms with Crippen molar-refractivity contribution in [2.45, 2.75) is 32.1 Å². The molecule has 0 aromatic heterocycles. The Hall–Kier alpha value is -2.18. The summed E-state index contributed by atoms with van der Waals surface area (Å²) in [6.45, 7) is 2.32. The summed E-state index contributed by atoms with van der Waals surface area (Å²) in [4.78, 5) is 28.7. The predicted octanol–water partition coefficient (Wildman–Crippen LogP) is 2.84. The van der Waals surface area contributed by atoms with E-state index in [1.54, 1.807) is 0 Å². The Bertz CT molecular complexity index is 682. The van der Waals surface area contributed by atoms with Crippen molar-refractivity contribution >= 4 is 11.8 Å². The summed E-state index contributed by atoms with van der Waals surface area (Å²) in [5.74, 6) is -2.80. The second-order valence-electron chi connectivity index (χ2n) is 6.89. The van der Waals surface area contributed by atoms with E-state index in [0.717, 1.165) is 38.4 Å². The molecule has 2 aliphatic rings. The van der Waals surface area contributed by atoms with Gasteiger partial charge in [-0.05, 0) is 44.2 Å². The van der Waals surface area contributed by atoms with Gasteiger partial charge in [0.05, 0.1) is 7.11 Å². The lowest BCUT2D eigenvalue weighted by Crippen LogP contribution is -2.46. The molecular weight excluding hydrogens is 342 g/mol. The van der Waals surface area contributed by atoms with E-state index in [1.165, 1.54) is 18.1 Å². The number of carbonyl (C=O) groups excluding carboxylic acids is 2. The Kier molecular flexibility index (Phi) is 5.74. The monoisotopic (exact) mass is 366 g/mol. The normalized spacial score (nSPS) is 18.7. The molecule has 1 aromatic carbocycles. The van der Waals surface area contributed by atoms with Crippen molar-refractivity contribution in [3.05, 3.63) is 29.3 Å². The maximum absolute atomic E-state index is 14.1. The Morgan fingerprint density at radius 1 is 1.00 bits per heavy atom. The van der Waals surface area contributed by atoms with E-state index in [2.05, 4.69) is 0 Å². The second-order valence-corrected chi connectivity index (χ2v) is 6.89. The van der Waals surface area contributed by atoms with Gasteiger partial charge >= 0.3 is 0 Å². The smallest absolute Gasteiger partial charge is 0.260 e. The number of hydrogen-bond donors (Lipinski definition) is 0. The lowest BCUT2D eigenvalue weighted by molar-refractivity contribution is -0.137. The van der Waals surface area contributed by atoms with Crippen molar-refractivity contribution < 1.29 is 23.1 Å². The summed E-state index contributed by atoms with van der Waals surface area (Å²) in [7, 11) is 1.31. The van der Waals surface area contributed by atoms with Crippen LogP contribution in [0.3, 0.4) is 0 Å². The Morgan fingerprint density at radius 3 is 2.27 bits per heavy atom. The molecule has 1 aromatic rings. The van der Waals surface area contributed by atoms with Crippen molar-refractivity contribution in [1.29, 1.82) is 0 Å². The fourth-order valence-electron chi connectivity index (χ4n) is 3.76. The number of ether oxygens (including phenoxy) is 1. The number of likely N-dealkylation sites (tertiary alicyclic amines) is 2. The van der Waals surface area contributed by atoms with E-state index >= 15 is 0 Å². The molecular formula is C19H24F2N2O3. The minimum absolute atomic E-state index is 0.0143. The van der Waals surface area contributed by atoms with Gasteiger partial charge in [-0.2, -0.15) is 0 Å². The lowest BCUT2D eigenvalue weighted by atomic mass is 9.94. The summed E-state index contributed by atoms with van der Waals surface area (Å²) in [5.41, 5.74) is -0.381. The molecule has 0 N–H and O–H groups in total. The van der Waals surface area contributed by atoms with Crippen LogP contribution in [-0.2, 0) is 4.79 Å². The number of piperidine rings is 2. The molecule has 2 heterocycles. The maximum atomic E-state index is 14.1. The number of rotatable bonds is 3. The zero-order valence-corrected chi connectivity index (χ0v) is 15.0. The van der Waals surface area contributed by atoms with Crippen molar-refractivity contribution in [3.63, 3.8) is 0 Å². The lowest BCUT2D eigenvalue weighted by Gasteiger charge is -2.35. The molecule has 2 aliphatic heterocycles. The first-order valence-electron chi connectivity index (χ1n) is 9.13. The minimum Gasteiger partial charge on any atom is -0.496 e. The topological polar surface area (TPSA) is 49.9 Å². The van der Waals surface area contributed by atoms with Gasteiger partial charge in [0.15, 0.2) is 11.6 Å². The van der Waals surface area contributed by atoms with E-state index in [1.807, 2.05) is 4.90 Å². The third-order valence-electron chi connectivity index (χ3n) is 5.29. The third kappa shape index (κ3) is 3.66. The van der Waals surface area contributed by atoms with Crippen LogP contribution in [0, 0.1) is 17.6 Å². The summed E-state index contributed by atoms with van der Waals surface area (Å²) in [6, 6.07) is 2.19. The van der Waals surface area contributed by atoms with Crippen LogP contribution >= 0.6 is 0 Å². The van der Waals surface area contributed by atoms with Crippen LogP contribution in [0.1, 0.15) is 42.5 Å². The number of methoxy groups -OCH3 is 1. The number of nitrogens with zero attached hydrogens (tertiary/aromatic N) is 2. The highest BCUT2D eigenvalue weighted by Gasteiger charge is 2.33. The van der Waals surface area contributed by atoms with Gasteiger partial charge in [-0.3, -0.25) is 9.59 Å². The van der Waals surface area contributed by atoms with E-state index in [0.29, 0.717) is 25.9 Å². The summed E-state index contributed by atoms with van der Waals surface area (Å²) >= 11 is 0. The first-order chi connectivity index (χ1) is 12.5. The number of halogens is 2. The largest absolute Gasteiger partial charge is 0.496 e. The van der Waals surface area contributed by atoms with E-state index < -0.39 is 17.5 Å². The molecule has 2 amide bonds. The van der Waals surface area contributed by atoms with Crippen LogP contribution in [0.4, 0.5) is 8.78 Å². The molecule has 26 heavy (non-hydrogen) atoms. The average molecular weight is 366 g/mol. The van der Waals surface area contributed by atoms with Gasteiger partial charge in [-0.25, -0.2) is 8.78 Å². The Labute approximate surface area is 151 Å². The van der Waals surface area contributed by atoms with Crippen LogP contribution in [0.15, 0.2) is 12.1 Å². The Balaban J connectivity index is 1.66. The molecule has 2 fully saturated rings. The standard InChI is InChI=1S/C19H24F2N2O3/c1-26-15-6-5-14(20)17(21)16(15)19(25)23-11-7-13(8-12-23)18(24)22-9-3-2-4-10-22/h5-6,13H,2-4,7-12H2,1H3. The molecule has 142 valence electrons. The van der Waals surface area contributed by atoms with Gasteiger partial charge in [-0.1, -0.05) is 0 Å². The molecule has 2 saturated heterocycles. The fourth-order valence-corrected chi connectivity index (χ4v) is 3.76. The van der Waals surface area contributed by atoms with Crippen molar-refractivity contribution in [1.82, 2.24) is 9.80 Å². The van der Waals surface area contributed by atoms with Gasteiger partial charge in [0, 0.05) is 32.1 Å². The van der Waals surface area contributed by atoms with E-state index in [9.17, 15) is 18.4 Å².